The summed E-state index contributed by atoms with van der Waals surface area (Å²) in [5.74, 6) is 0.445. The normalized spacial score (nSPS) is 16.4. The largest absolute Gasteiger partial charge is 0.379 e. The third-order valence-electron chi connectivity index (χ3n) is 4.67. The molecule has 3 N–H and O–H groups in total. The zero-order chi connectivity index (χ0) is 18.4. The van der Waals surface area contributed by atoms with Crippen molar-refractivity contribution >= 4 is 35.6 Å². The van der Waals surface area contributed by atoms with E-state index in [1.807, 2.05) is 12.1 Å². The molecule has 5 nitrogen and oxygen atoms in total. The van der Waals surface area contributed by atoms with Crippen molar-refractivity contribution < 1.29 is 4.74 Å². The van der Waals surface area contributed by atoms with Crippen molar-refractivity contribution in [1.82, 2.24) is 4.90 Å². The van der Waals surface area contributed by atoms with Crippen molar-refractivity contribution in [2.45, 2.75) is 19.9 Å². The number of nitrogens with one attached hydrogen (secondary N) is 1. The Bertz CT molecular complexity index is 742. The van der Waals surface area contributed by atoms with Crippen LogP contribution in [-0.2, 0) is 4.74 Å². The first-order valence-corrected chi connectivity index (χ1v) is 9.14. The second-order valence-corrected chi connectivity index (χ2v) is 6.80. The number of aryl methyl sites for hydroxylation is 2. The summed E-state index contributed by atoms with van der Waals surface area (Å²) in [6.07, 6.45) is 0. The lowest BCUT2D eigenvalue weighted by Gasteiger charge is -2.34. The van der Waals surface area contributed by atoms with Crippen LogP contribution < -0.4 is 11.1 Å². The third kappa shape index (κ3) is 6.48. The number of rotatable bonds is 5. The smallest absolute Gasteiger partial charge is 0.193 e. The van der Waals surface area contributed by atoms with Crippen LogP contribution in [0, 0.1) is 13.8 Å². The first-order chi connectivity index (χ1) is 12.6. The molecule has 1 heterocycles. The standard InChI is InChI=1S/C21H28N4O.HI/c1-16-6-8-18(9-7-16)20(25-10-12-26-13-11-25)15-23-21(22)24-19-5-3-4-17(2)14-19;/h3-9,14,20H,10-13,15H2,1-2H3,(H3,22,23,24);1H. The molecule has 2 aromatic carbocycles. The number of benzene rings is 2. The van der Waals surface area contributed by atoms with Crippen molar-refractivity contribution in [3.63, 3.8) is 0 Å². The molecule has 2 aromatic rings. The van der Waals surface area contributed by atoms with Crippen molar-refractivity contribution in [2.24, 2.45) is 10.7 Å². The first-order valence-electron chi connectivity index (χ1n) is 9.14. The fourth-order valence-corrected chi connectivity index (χ4v) is 3.20. The van der Waals surface area contributed by atoms with Crippen LogP contribution in [0.2, 0.25) is 0 Å². The van der Waals surface area contributed by atoms with Crippen LogP contribution in [0.25, 0.3) is 0 Å². The molecule has 1 unspecified atom stereocenters. The number of halogens is 1. The van der Waals surface area contributed by atoms with Gasteiger partial charge < -0.3 is 15.8 Å². The average Bonchev–Trinajstić information content (AvgIpc) is 2.64. The molecular weight excluding hydrogens is 451 g/mol. The van der Waals surface area contributed by atoms with Crippen molar-refractivity contribution in [3.8, 4) is 0 Å². The second kappa shape index (κ2) is 10.6. The third-order valence-corrected chi connectivity index (χ3v) is 4.67. The van der Waals surface area contributed by atoms with Gasteiger partial charge in [-0.3, -0.25) is 9.89 Å². The number of guanidine groups is 1. The van der Waals surface area contributed by atoms with Gasteiger partial charge >= 0.3 is 0 Å². The number of hydrogen-bond donors (Lipinski definition) is 2. The van der Waals surface area contributed by atoms with E-state index in [1.165, 1.54) is 16.7 Å². The van der Waals surface area contributed by atoms with Crippen LogP contribution in [0.3, 0.4) is 0 Å². The van der Waals surface area contributed by atoms with Gasteiger partial charge in [0.1, 0.15) is 0 Å². The van der Waals surface area contributed by atoms with E-state index in [1.54, 1.807) is 0 Å². The quantitative estimate of drug-likeness (QED) is 0.389. The molecule has 1 aliphatic rings. The van der Waals surface area contributed by atoms with Gasteiger partial charge in [-0.25, -0.2) is 0 Å². The van der Waals surface area contributed by atoms with Crippen LogP contribution in [0.4, 0.5) is 5.69 Å². The molecule has 0 saturated carbocycles. The van der Waals surface area contributed by atoms with Gasteiger partial charge in [0.15, 0.2) is 5.96 Å². The van der Waals surface area contributed by atoms with Crippen LogP contribution in [0.1, 0.15) is 22.7 Å². The molecule has 6 heteroatoms. The predicted octanol–water partition coefficient (Wildman–Crippen LogP) is 3.72. The highest BCUT2D eigenvalue weighted by Gasteiger charge is 2.22. The lowest BCUT2D eigenvalue weighted by atomic mass is 10.0. The Hall–Kier alpha value is -1.64. The average molecular weight is 480 g/mol. The minimum atomic E-state index is 0. The Morgan fingerprint density at radius 1 is 1.11 bits per heavy atom. The lowest BCUT2D eigenvalue weighted by Crippen LogP contribution is -2.40. The van der Waals surface area contributed by atoms with E-state index < -0.39 is 0 Å². The monoisotopic (exact) mass is 480 g/mol. The minimum absolute atomic E-state index is 0. The van der Waals surface area contributed by atoms with Gasteiger partial charge in [-0.1, -0.05) is 42.0 Å². The summed E-state index contributed by atoms with van der Waals surface area (Å²) in [5.41, 5.74) is 10.8. The highest BCUT2D eigenvalue weighted by Crippen LogP contribution is 2.23. The SMILES string of the molecule is Cc1ccc(C(CN=C(N)Nc2cccc(C)c2)N2CCOCC2)cc1.I. The van der Waals surface area contributed by atoms with E-state index in [-0.39, 0.29) is 30.0 Å². The Kier molecular flexibility index (Phi) is 8.53. The first kappa shape index (κ1) is 21.7. The minimum Gasteiger partial charge on any atom is -0.379 e. The van der Waals surface area contributed by atoms with E-state index >= 15 is 0 Å². The Morgan fingerprint density at radius 3 is 2.48 bits per heavy atom. The van der Waals surface area contributed by atoms with Gasteiger partial charge in [0.25, 0.3) is 0 Å². The molecular formula is C21H29IN4O. The summed E-state index contributed by atoms with van der Waals surface area (Å²) >= 11 is 0. The predicted molar refractivity (Wildman–Crippen MR) is 123 cm³/mol. The van der Waals surface area contributed by atoms with Crippen molar-refractivity contribution in [3.05, 3.63) is 65.2 Å². The summed E-state index contributed by atoms with van der Waals surface area (Å²) in [5, 5.41) is 3.19. The number of morpholine rings is 1. The molecule has 0 aromatic heterocycles. The molecule has 1 atom stereocenters. The Labute approximate surface area is 179 Å². The van der Waals surface area contributed by atoms with E-state index in [4.69, 9.17) is 10.5 Å². The van der Waals surface area contributed by atoms with Crippen LogP contribution in [0.5, 0.6) is 0 Å². The van der Waals surface area contributed by atoms with E-state index in [2.05, 4.69) is 65.5 Å². The van der Waals surface area contributed by atoms with Crippen LogP contribution in [-0.4, -0.2) is 43.7 Å². The zero-order valence-corrected chi connectivity index (χ0v) is 18.4. The van der Waals surface area contributed by atoms with E-state index in [0.717, 1.165) is 32.0 Å². The molecule has 0 radical (unpaired) electrons. The number of anilines is 1. The number of hydrogen-bond acceptors (Lipinski definition) is 3. The molecule has 1 saturated heterocycles. The van der Waals surface area contributed by atoms with Crippen molar-refractivity contribution in [1.29, 1.82) is 0 Å². The molecule has 27 heavy (non-hydrogen) atoms. The van der Waals surface area contributed by atoms with Gasteiger partial charge in [-0.05, 0) is 37.1 Å². The molecule has 0 spiro atoms. The van der Waals surface area contributed by atoms with Gasteiger partial charge in [0, 0.05) is 18.8 Å². The molecule has 0 amide bonds. The zero-order valence-electron chi connectivity index (χ0n) is 16.0. The highest BCUT2D eigenvalue weighted by atomic mass is 127. The molecule has 0 bridgehead atoms. The summed E-state index contributed by atoms with van der Waals surface area (Å²) < 4.78 is 5.51. The maximum atomic E-state index is 6.13. The van der Waals surface area contributed by atoms with Crippen molar-refractivity contribution in [2.75, 3.05) is 38.2 Å². The Balaban J connectivity index is 0.00000261. The highest BCUT2D eigenvalue weighted by molar-refractivity contribution is 14.0. The fourth-order valence-electron chi connectivity index (χ4n) is 3.20. The molecule has 3 rings (SSSR count). The van der Waals surface area contributed by atoms with E-state index in [9.17, 15) is 0 Å². The van der Waals surface area contributed by atoms with Gasteiger partial charge in [-0.15, -0.1) is 24.0 Å². The summed E-state index contributed by atoms with van der Waals surface area (Å²) in [4.78, 5) is 7.05. The van der Waals surface area contributed by atoms with E-state index in [0.29, 0.717) is 12.5 Å². The number of nitrogens with two attached hydrogens (primary N) is 1. The molecule has 1 fully saturated rings. The lowest BCUT2D eigenvalue weighted by molar-refractivity contribution is 0.0180. The summed E-state index contributed by atoms with van der Waals surface area (Å²) in [6.45, 7) is 8.15. The molecule has 1 aliphatic heterocycles. The van der Waals surface area contributed by atoms with Gasteiger partial charge in [0.05, 0.1) is 25.8 Å². The molecule has 146 valence electrons. The Morgan fingerprint density at radius 2 is 1.81 bits per heavy atom. The fraction of sp³-hybridized carbons (Fsp3) is 0.381. The number of nitrogens with zero attached hydrogens (tertiary/aromatic N) is 2. The van der Waals surface area contributed by atoms with Crippen LogP contribution in [0.15, 0.2) is 53.5 Å². The summed E-state index contributed by atoms with van der Waals surface area (Å²) in [6, 6.07) is 17.0. The second-order valence-electron chi connectivity index (χ2n) is 6.80. The number of ether oxygens (including phenoxy) is 1. The topological polar surface area (TPSA) is 62.9 Å². The van der Waals surface area contributed by atoms with Crippen LogP contribution >= 0.6 is 24.0 Å². The maximum absolute atomic E-state index is 6.13. The molecule has 0 aliphatic carbocycles. The number of aliphatic imine (C=N–C) groups is 1. The van der Waals surface area contributed by atoms with Gasteiger partial charge in [-0.2, -0.15) is 0 Å². The summed E-state index contributed by atoms with van der Waals surface area (Å²) in [7, 11) is 0. The van der Waals surface area contributed by atoms with Gasteiger partial charge in [0.2, 0.25) is 0 Å². The maximum Gasteiger partial charge on any atom is 0.193 e.